The monoisotopic (exact) mass is 239 g/mol. The van der Waals surface area contributed by atoms with Gasteiger partial charge in [0.05, 0.1) is 0 Å². The highest BCUT2D eigenvalue weighted by molar-refractivity contribution is 7.99. The van der Waals surface area contributed by atoms with E-state index >= 15 is 0 Å². The molecule has 0 saturated carbocycles. The van der Waals surface area contributed by atoms with E-state index in [9.17, 15) is 9.59 Å². The summed E-state index contributed by atoms with van der Waals surface area (Å²) >= 11 is 1.55. The molecule has 1 aliphatic heterocycles. The number of halogens is 1. The molecule has 0 bridgehead atoms. The number of carbonyl (C=O) groups excluding carboxylic acids is 2. The molecular weight excluding hydrogens is 226 g/mol. The van der Waals surface area contributed by atoms with Crippen LogP contribution in [0.5, 0.6) is 0 Å². The minimum Gasteiger partial charge on any atom is -0.330 e. The largest absolute Gasteiger partial charge is 0.330 e. The predicted molar refractivity (Wildman–Crippen MR) is 58.7 cm³/mol. The van der Waals surface area contributed by atoms with Gasteiger partial charge in [-0.3, -0.25) is 10.1 Å². The standard InChI is InChI=1S/C7H13N3O2S.ClH/c1-7(4-13-3-2-8)5(11)9-6(12)10-7;/h2-4,8H2,1H3,(H2,9,10,11,12);1H. The Balaban J connectivity index is 0.00000169. The van der Waals surface area contributed by atoms with Crippen LogP contribution in [0.15, 0.2) is 0 Å². The number of imide groups is 1. The number of hydrogen-bond acceptors (Lipinski definition) is 4. The summed E-state index contributed by atoms with van der Waals surface area (Å²) in [4.78, 5) is 22.1. The van der Waals surface area contributed by atoms with E-state index in [1.807, 2.05) is 0 Å². The van der Waals surface area contributed by atoms with Gasteiger partial charge in [0.1, 0.15) is 5.54 Å². The Hall–Kier alpha value is -0.460. The van der Waals surface area contributed by atoms with E-state index in [1.54, 1.807) is 18.7 Å². The van der Waals surface area contributed by atoms with E-state index in [1.165, 1.54) is 0 Å². The summed E-state index contributed by atoms with van der Waals surface area (Å²) in [5.74, 6) is 1.09. The van der Waals surface area contributed by atoms with Gasteiger partial charge in [0.15, 0.2) is 0 Å². The van der Waals surface area contributed by atoms with Crippen LogP contribution in [0.3, 0.4) is 0 Å². The van der Waals surface area contributed by atoms with Crippen molar-refractivity contribution in [1.82, 2.24) is 10.6 Å². The summed E-state index contributed by atoms with van der Waals surface area (Å²) in [6.07, 6.45) is 0. The predicted octanol–water partition coefficient (Wildman–Crippen LogP) is -0.302. The van der Waals surface area contributed by atoms with Crippen LogP contribution in [0, 0.1) is 0 Å². The second kappa shape index (κ2) is 5.43. The molecule has 1 saturated heterocycles. The molecule has 1 fully saturated rings. The Morgan fingerprint density at radius 2 is 2.14 bits per heavy atom. The average Bonchev–Trinajstić information content (AvgIpc) is 2.27. The second-order valence-electron chi connectivity index (χ2n) is 3.08. The fourth-order valence-corrected chi connectivity index (χ4v) is 1.96. The van der Waals surface area contributed by atoms with Gasteiger partial charge in [0.25, 0.3) is 5.91 Å². The normalized spacial score (nSPS) is 25.3. The zero-order valence-corrected chi connectivity index (χ0v) is 9.46. The second-order valence-corrected chi connectivity index (χ2v) is 4.19. The summed E-state index contributed by atoms with van der Waals surface area (Å²) in [6.45, 7) is 2.28. The molecule has 0 aromatic heterocycles. The van der Waals surface area contributed by atoms with Crippen molar-refractivity contribution in [3.05, 3.63) is 0 Å². The summed E-state index contributed by atoms with van der Waals surface area (Å²) in [7, 11) is 0. The molecule has 3 amide bonds. The number of urea groups is 1. The van der Waals surface area contributed by atoms with Crippen molar-refractivity contribution < 1.29 is 9.59 Å². The maximum Gasteiger partial charge on any atom is 0.322 e. The van der Waals surface area contributed by atoms with Gasteiger partial charge in [0.2, 0.25) is 0 Å². The lowest BCUT2D eigenvalue weighted by atomic mass is 10.1. The first-order valence-electron chi connectivity index (χ1n) is 4.00. The van der Waals surface area contributed by atoms with Crippen LogP contribution in [-0.2, 0) is 4.79 Å². The maximum atomic E-state index is 11.3. The molecule has 82 valence electrons. The molecular formula is C7H14ClN3O2S. The van der Waals surface area contributed by atoms with Crippen LogP contribution in [0.2, 0.25) is 0 Å². The fraction of sp³-hybridized carbons (Fsp3) is 0.714. The van der Waals surface area contributed by atoms with Crippen molar-refractivity contribution in [2.75, 3.05) is 18.1 Å². The van der Waals surface area contributed by atoms with Crippen LogP contribution in [0.1, 0.15) is 6.92 Å². The molecule has 1 unspecified atom stereocenters. The molecule has 1 rings (SSSR count). The molecule has 0 aromatic carbocycles. The van der Waals surface area contributed by atoms with Crippen molar-refractivity contribution in [2.45, 2.75) is 12.5 Å². The van der Waals surface area contributed by atoms with Gasteiger partial charge in [-0.05, 0) is 6.92 Å². The number of amides is 3. The van der Waals surface area contributed by atoms with Crippen LogP contribution in [0.4, 0.5) is 4.79 Å². The van der Waals surface area contributed by atoms with Gasteiger partial charge < -0.3 is 11.1 Å². The SMILES string of the molecule is CC1(CSCCN)NC(=O)NC1=O.Cl. The summed E-state index contributed by atoms with van der Waals surface area (Å²) in [6, 6.07) is -0.416. The molecule has 7 heteroatoms. The van der Waals surface area contributed by atoms with Crippen molar-refractivity contribution in [2.24, 2.45) is 5.73 Å². The third-order valence-corrected chi connectivity index (χ3v) is 3.08. The molecule has 0 spiro atoms. The van der Waals surface area contributed by atoms with Crippen molar-refractivity contribution in [3.63, 3.8) is 0 Å². The smallest absolute Gasteiger partial charge is 0.322 e. The zero-order valence-electron chi connectivity index (χ0n) is 7.83. The maximum absolute atomic E-state index is 11.3. The van der Waals surface area contributed by atoms with Crippen LogP contribution < -0.4 is 16.4 Å². The van der Waals surface area contributed by atoms with Crippen LogP contribution in [0.25, 0.3) is 0 Å². The molecule has 0 aromatic rings. The molecule has 1 aliphatic rings. The Morgan fingerprint density at radius 1 is 1.50 bits per heavy atom. The molecule has 1 heterocycles. The lowest BCUT2D eigenvalue weighted by Crippen LogP contribution is -2.46. The lowest BCUT2D eigenvalue weighted by Gasteiger charge is -2.19. The quantitative estimate of drug-likeness (QED) is 0.465. The number of hydrogen-bond donors (Lipinski definition) is 3. The van der Waals surface area contributed by atoms with E-state index in [0.717, 1.165) is 5.75 Å². The van der Waals surface area contributed by atoms with E-state index in [-0.39, 0.29) is 18.3 Å². The molecule has 4 N–H and O–H groups in total. The zero-order chi connectivity index (χ0) is 9.90. The fourth-order valence-electron chi connectivity index (χ4n) is 1.04. The van der Waals surface area contributed by atoms with Crippen LogP contribution in [-0.4, -0.2) is 35.5 Å². The van der Waals surface area contributed by atoms with Gasteiger partial charge in [0, 0.05) is 18.1 Å². The van der Waals surface area contributed by atoms with E-state index in [2.05, 4.69) is 10.6 Å². The molecule has 0 radical (unpaired) electrons. The minimum absolute atomic E-state index is 0. The number of nitrogens with one attached hydrogen (secondary N) is 2. The molecule has 5 nitrogen and oxygen atoms in total. The highest BCUT2D eigenvalue weighted by Gasteiger charge is 2.41. The first-order valence-corrected chi connectivity index (χ1v) is 5.15. The van der Waals surface area contributed by atoms with Gasteiger partial charge in [-0.15, -0.1) is 12.4 Å². The Bertz CT molecular complexity index is 239. The van der Waals surface area contributed by atoms with E-state index < -0.39 is 11.6 Å². The van der Waals surface area contributed by atoms with E-state index in [0.29, 0.717) is 12.3 Å². The summed E-state index contributed by atoms with van der Waals surface area (Å²) in [5.41, 5.74) is 4.54. The Kier molecular flexibility index (Phi) is 5.25. The first kappa shape index (κ1) is 13.5. The lowest BCUT2D eigenvalue weighted by molar-refractivity contribution is -0.122. The highest BCUT2D eigenvalue weighted by atomic mass is 35.5. The number of carbonyl (C=O) groups is 2. The molecule has 14 heavy (non-hydrogen) atoms. The molecule has 1 atom stereocenters. The first-order chi connectivity index (χ1) is 6.08. The highest BCUT2D eigenvalue weighted by Crippen LogP contribution is 2.16. The van der Waals surface area contributed by atoms with Gasteiger partial charge in [-0.2, -0.15) is 11.8 Å². The summed E-state index contributed by atoms with van der Waals surface area (Å²) < 4.78 is 0. The van der Waals surface area contributed by atoms with Gasteiger partial charge >= 0.3 is 6.03 Å². The minimum atomic E-state index is -0.767. The third kappa shape index (κ3) is 3.04. The topological polar surface area (TPSA) is 84.2 Å². The molecule has 0 aliphatic carbocycles. The Labute approximate surface area is 93.0 Å². The van der Waals surface area contributed by atoms with Gasteiger partial charge in [-0.25, -0.2) is 4.79 Å². The van der Waals surface area contributed by atoms with Crippen molar-refractivity contribution in [3.8, 4) is 0 Å². The van der Waals surface area contributed by atoms with Crippen LogP contribution >= 0.6 is 24.2 Å². The van der Waals surface area contributed by atoms with Crippen molar-refractivity contribution >= 4 is 36.1 Å². The van der Waals surface area contributed by atoms with Crippen molar-refractivity contribution in [1.29, 1.82) is 0 Å². The average molecular weight is 240 g/mol. The van der Waals surface area contributed by atoms with Gasteiger partial charge in [-0.1, -0.05) is 0 Å². The third-order valence-electron chi connectivity index (χ3n) is 1.77. The Morgan fingerprint density at radius 3 is 2.57 bits per heavy atom. The number of rotatable bonds is 4. The summed E-state index contributed by atoms with van der Waals surface area (Å²) in [5, 5.41) is 4.78. The number of thioether (sulfide) groups is 1. The van der Waals surface area contributed by atoms with E-state index in [4.69, 9.17) is 5.73 Å². The number of nitrogens with two attached hydrogens (primary N) is 1.